The molecule has 3 aliphatic heterocycles. The monoisotopic (exact) mass is 924 g/mol. The van der Waals surface area contributed by atoms with E-state index < -0.39 is 172 Å². The zero-order chi connectivity index (χ0) is 48.2. The Bertz CT molecular complexity index is 1730. The third kappa shape index (κ3) is 15.6. The van der Waals surface area contributed by atoms with Crippen molar-refractivity contribution >= 4 is 59.7 Å². The van der Waals surface area contributed by atoms with Crippen molar-refractivity contribution < 1.29 is 124 Å². The molecule has 26 nitrogen and oxygen atoms in total. The summed E-state index contributed by atoms with van der Waals surface area (Å²) in [6.45, 7) is 7.75. The predicted molar refractivity (Wildman–Crippen MR) is 197 cm³/mol. The molecule has 0 aromatic rings. The van der Waals surface area contributed by atoms with Crippen LogP contribution in [0.5, 0.6) is 0 Å². The van der Waals surface area contributed by atoms with Gasteiger partial charge in [-0.05, 0) is 0 Å². The van der Waals surface area contributed by atoms with Gasteiger partial charge in [0.2, 0.25) is 0 Å². The molecule has 0 unspecified atom stereocenters. The van der Waals surface area contributed by atoms with Crippen molar-refractivity contribution in [2.75, 3.05) is 19.8 Å². The van der Waals surface area contributed by atoms with Gasteiger partial charge in [0, 0.05) is 69.2 Å². The number of aliphatic hydroxyl groups is 1. The van der Waals surface area contributed by atoms with E-state index in [1.807, 2.05) is 0 Å². The standard InChI is InChI=1S/C38H52O26/c1-14(39)50-11-25-28(54-16(3)41)31(57-19(6)44)34(60-22(9)47)38(63-25)52-13-26-29(55-17(4)42)32(58-20(7)45)35(61-23(10)48)37(64-26)51-12-24-27(53-15(2)40)30(56-18(5)43)33(36(49)62-24)59-21(8)46/h24-38,49H,11-13H2,1-10H3/t24-,25-,26-,27-,28+,29-,30+,31+,32+,33-,34-,35-,36-,37-,38-/m1/s1. The maximum atomic E-state index is 12.6. The number of carbonyl (C=O) groups is 10. The van der Waals surface area contributed by atoms with Crippen molar-refractivity contribution in [1.29, 1.82) is 0 Å². The van der Waals surface area contributed by atoms with Gasteiger partial charge in [-0.2, -0.15) is 0 Å². The van der Waals surface area contributed by atoms with Crippen LogP contribution in [0.4, 0.5) is 0 Å². The molecule has 1 N–H and O–H groups in total. The van der Waals surface area contributed by atoms with E-state index in [0.717, 1.165) is 69.2 Å². The van der Waals surface area contributed by atoms with Crippen LogP contribution in [0.3, 0.4) is 0 Å². The van der Waals surface area contributed by atoms with Crippen molar-refractivity contribution in [3.05, 3.63) is 0 Å². The fourth-order valence-corrected chi connectivity index (χ4v) is 6.83. The molecule has 3 rings (SSSR count). The lowest BCUT2D eigenvalue weighted by atomic mass is 9.96. The molecule has 0 aliphatic carbocycles. The Morgan fingerprint density at radius 3 is 0.891 bits per heavy atom. The normalized spacial score (nSPS) is 32.3. The zero-order valence-corrected chi connectivity index (χ0v) is 36.4. The highest BCUT2D eigenvalue weighted by atomic mass is 16.8. The minimum atomic E-state index is -2.02. The van der Waals surface area contributed by atoms with Crippen LogP contribution in [0.25, 0.3) is 0 Å². The Balaban J connectivity index is 2.11. The Hall–Kier alpha value is -5.54. The fraction of sp³-hybridized carbons (Fsp3) is 0.737. The summed E-state index contributed by atoms with van der Waals surface area (Å²) in [5.74, 6) is -9.38. The van der Waals surface area contributed by atoms with Gasteiger partial charge >= 0.3 is 59.7 Å². The molecule has 0 spiro atoms. The smallest absolute Gasteiger partial charge is 0.303 e. The Kier molecular flexibility index (Phi) is 19.8. The van der Waals surface area contributed by atoms with Crippen LogP contribution >= 0.6 is 0 Å². The minimum absolute atomic E-state index is 0.617. The van der Waals surface area contributed by atoms with Gasteiger partial charge in [0.05, 0.1) is 13.2 Å². The first-order valence-corrected chi connectivity index (χ1v) is 19.4. The SMILES string of the molecule is CC(=O)OC[C@H]1O[C@@H](OC[C@H]2O[C@@H](OC[C@H]3O[C@@H](O)[C@H](OC(C)=O)[C@@H](OC(C)=O)[C@@H]3OC(C)=O)[C@H](OC(C)=O)[C@@H](OC(C)=O)[C@@H]2OC(C)=O)[C@H](OC(C)=O)[C@@H](OC(C)=O)[C@H]1OC(C)=O. The number of hydrogen-bond acceptors (Lipinski definition) is 26. The summed E-state index contributed by atoms with van der Waals surface area (Å²) in [5.41, 5.74) is 0. The Morgan fingerprint density at radius 1 is 0.328 bits per heavy atom. The van der Waals surface area contributed by atoms with E-state index in [1.54, 1.807) is 0 Å². The van der Waals surface area contributed by atoms with E-state index in [4.69, 9.17) is 71.1 Å². The highest BCUT2D eigenvalue weighted by molar-refractivity contribution is 5.70. The van der Waals surface area contributed by atoms with E-state index >= 15 is 0 Å². The van der Waals surface area contributed by atoms with Crippen molar-refractivity contribution in [3.8, 4) is 0 Å². The highest BCUT2D eigenvalue weighted by Crippen LogP contribution is 2.35. The molecule has 64 heavy (non-hydrogen) atoms. The summed E-state index contributed by atoms with van der Waals surface area (Å²) in [6.07, 6.45) is -25.6. The van der Waals surface area contributed by atoms with Crippen LogP contribution in [-0.4, -0.2) is 177 Å². The van der Waals surface area contributed by atoms with Gasteiger partial charge in [0.1, 0.15) is 24.9 Å². The van der Waals surface area contributed by atoms with Gasteiger partial charge in [-0.15, -0.1) is 0 Å². The highest BCUT2D eigenvalue weighted by Gasteiger charge is 2.57. The maximum absolute atomic E-state index is 12.6. The van der Waals surface area contributed by atoms with E-state index in [9.17, 15) is 53.1 Å². The van der Waals surface area contributed by atoms with Crippen LogP contribution < -0.4 is 0 Å². The number of aliphatic hydroxyl groups excluding tert-OH is 1. The van der Waals surface area contributed by atoms with Gasteiger partial charge < -0.3 is 76.2 Å². The van der Waals surface area contributed by atoms with Crippen LogP contribution in [0, 0.1) is 0 Å². The van der Waals surface area contributed by atoms with Gasteiger partial charge in [0.25, 0.3) is 0 Å². The molecule has 360 valence electrons. The molecule has 26 heteroatoms. The lowest BCUT2D eigenvalue weighted by Gasteiger charge is -2.47. The zero-order valence-electron chi connectivity index (χ0n) is 36.4. The molecular weight excluding hydrogens is 872 g/mol. The molecule has 3 fully saturated rings. The predicted octanol–water partition coefficient (Wildman–Crippen LogP) is -1.86. The quantitative estimate of drug-likeness (QED) is 0.123. The number of carbonyl (C=O) groups excluding carboxylic acids is 10. The molecule has 0 aromatic heterocycles. The molecular formula is C38H52O26. The third-order valence-corrected chi connectivity index (χ3v) is 8.81. The van der Waals surface area contributed by atoms with Crippen molar-refractivity contribution in [2.24, 2.45) is 0 Å². The van der Waals surface area contributed by atoms with Gasteiger partial charge in [-0.1, -0.05) is 0 Å². The molecule has 15 atom stereocenters. The van der Waals surface area contributed by atoms with Crippen LogP contribution in [0.2, 0.25) is 0 Å². The lowest BCUT2D eigenvalue weighted by molar-refractivity contribution is -0.343. The minimum Gasteiger partial charge on any atom is -0.463 e. The van der Waals surface area contributed by atoms with Crippen LogP contribution in [0.1, 0.15) is 69.2 Å². The van der Waals surface area contributed by atoms with Gasteiger partial charge in [0.15, 0.2) is 73.8 Å². The van der Waals surface area contributed by atoms with Crippen molar-refractivity contribution in [2.45, 2.75) is 161 Å². The average Bonchev–Trinajstić information content (AvgIpc) is 3.14. The number of hydrogen-bond donors (Lipinski definition) is 1. The second-order valence-electron chi connectivity index (χ2n) is 14.3. The molecule has 3 saturated heterocycles. The summed E-state index contributed by atoms with van der Waals surface area (Å²) in [4.78, 5) is 123. The van der Waals surface area contributed by atoms with E-state index in [1.165, 1.54) is 0 Å². The molecule has 0 aromatic carbocycles. The van der Waals surface area contributed by atoms with Crippen molar-refractivity contribution in [1.82, 2.24) is 0 Å². The molecule has 0 saturated carbocycles. The first kappa shape index (κ1) is 52.8. The summed E-state index contributed by atoms with van der Waals surface area (Å²) in [5, 5.41) is 10.9. The summed E-state index contributed by atoms with van der Waals surface area (Å²) in [6, 6.07) is 0. The molecule has 3 aliphatic rings. The second-order valence-corrected chi connectivity index (χ2v) is 14.3. The van der Waals surface area contributed by atoms with Crippen molar-refractivity contribution in [3.63, 3.8) is 0 Å². The second kappa shape index (κ2) is 23.9. The Labute approximate surface area is 364 Å². The maximum Gasteiger partial charge on any atom is 0.303 e. The number of ether oxygens (including phenoxy) is 15. The lowest BCUT2D eigenvalue weighted by Crippen LogP contribution is -2.65. The van der Waals surface area contributed by atoms with Crippen LogP contribution in [-0.2, 0) is 119 Å². The Morgan fingerprint density at radius 2 is 0.578 bits per heavy atom. The largest absolute Gasteiger partial charge is 0.463 e. The molecule has 0 radical (unpaired) electrons. The fourth-order valence-electron chi connectivity index (χ4n) is 6.83. The van der Waals surface area contributed by atoms with E-state index in [2.05, 4.69) is 0 Å². The number of esters is 10. The first-order valence-electron chi connectivity index (χ1n) is 19.4. The summed E-state index contributed by atoms with van der Waals surface area (Å²) < 4.78 is 83.3. The number of rotatable bonds is 17. The average molecular weight is 925 g/mol. The molecule has 0 amide bonds. The van der Waals surface area contributed by atoms with E-state index in [0.29, 0.717) is 0 Å². The van der Waals surface area contributed by atoms with Gasteiger partial charge in [-0.3, -0.25) is 47.9 Å². The molecule has 0 bridgehead atoms. The van der Waals surface area contributed by atoms with Crippen LogP contribution in [0.15, 0.2) is 0 Å². The van der Waals surface area contributed by atoms with E-state index in [-0.39, 0.29) is 0 Å². The summed E-state index contributed by atoms with van der Waals surface area (Å²) >= 11 is 0. The van der Waals surface area contributed by atoms with Gasteiger partial charge in [-0.25, -0.2) is 0 Å². The third-order valence-electron chi connectivity index (χ3n) is 8.81. The first-order chi connectivity index (χ1) is 29.9. The topological polar surface area (TPSA) is 329 Å². The summed E-state index contributed by atoms with van der Waals surface area (Å²) in [7, 11) is 0. The molecule has 3 heterocycles.